The smallest absolute Gasteiger partial charge is 0.122 e. The van der Waals surface area contributed by atoms with E-state index in [1.54, 1.807) is 0 Å². The van der Waals surface area contributed by atoms with Crippen LogP contribution in [0.4, 0.5) is 0 Å². The zero-order chi connectivity index (χ0) is 15.4. The molecule has 2 heteroatoms. The largest absolute Gasteiger partial charge is 0.489 e. The van der Waals surface area contributed by atoms with Crippen LogP contribution in [0.5, 0.6) is 5.75 Å². The van der Waals surface area contributed by atoms with Gasteiger partial charge in [-0.2, -0.15) is 0 Å². The lowest BCUT2D eigenvalue weighted by atomic mass is 10.0. The van der Waals surface area contributed by atoms with Crippen molar-refractivity contribution < 1.29 is 4.74 Å². The molecule has 0 aliphatic rings. The molecular formula is C19H25NO. The standard InChI is InChI=1S/C19H25NO/c1-13(2)17-7-5-16(6-8-17)12-21-19-10-9-18(15(4)20)11-14(19)3/h5-11,13,15H,12,20H2,1-4H3/t15-/m1/s1. The molecule has 0 saturated carbocycles. The van der Waals surface area contributed by atoms with Crippen LogP contribution >= 0.6 is 0 Å². The first-order valence-electron chi connectivity index (χ1n) is 7.55. The van der Waals surface area contributed by atoms with Gasteiger partial charge in [-0.05, 0) is 48.1 Å². The van der Waals surface area contributed by atoms with Crippen LogP contribution in [0.3, 0.4) is 0 Å². The molecule has 0 heterocycles. The molecule has 0 fully saturated rings. The summed E-state index contributed by atoms with van der Waals surface area (Å²) in [6, 6.07) is 14.8. The molecule has 0 amide bonds. The fourth-order valence-electron chi connectivity index (χ4n) is 2.28. The summed E-state index contributed by atoms with van der Waals surface area (Å²) >= 11 is 0. The molecule has 2 rings (SSSR count). The van der Waals surface area contributed by atoms with Crippen molar-refractivity contribution in [1.82, 2.24) is 0 Å². The van der Waals surface area contributed by atoms with E-state index in [4.69, 9.17) is 10.5 Å². The van der Waals surface area contributed by atoms with E-state index in [1.807, 2.05) is 19.1 Å². The zero-order valence-corrected chi connectivity index (χ0v) is 13.4. The normalized spacial score (nSPS) is 12.5. The summed E-state index contributed by atoms with van der Waals surface area (Å²) in [4.78, 5) is 0. The first-order chi connectivity index (χ1) is 9.97. The summed E-state index contributed by atoms with van der Waals surface area (Å²) in [6.07, 6.45) is 0. The SMILES string of the molecule is Cc1cc([C@@H](C)N)ccc1OCc1ccc(C(C)C)cc1. The minimum atomic E-state index is 0.0568. The van der Waals surface area contributed by atoms with Crippen LogP contribution in [-0.2, 0) is 6.61 Å². The van der Waals surface area contributed by atoms with Gasteiger partial charge in [0.25, 0.3) is 0 Å². The van der Waals surface area contributed by atoms with Crippen molar-refractivity contribution in [1.29, 1.82) is 0 Å². The molecule has 2 aromatic rings. The van der Waals surface area contributed by atoms with Crippen molar-refractivity contribution in [3.63, 3.8) is 0 Å². The Morgan fingerprint density at radius 2 is 1.57 bits per heavy atom. The summed E-state index contributed by atoms with van der Waals surface area (Å²) in [5, 5.41) is 0. The first-order valence-corrected chi connectivity index (χ1v) is 7.55. The molecular weight excluding hydrogens is 258 g/mol. The highest BCUT2D eigenvalue weighted by Crippen LogP contribution is 2.23. The second-order valence-corrected chi connectivity index (χ2v) is 6.00. The number of hydrogen-bond acceptors (Lipinski definition) is 2. The average molecular weight is 283 g/mol. The summed E-state index contributed by atoms with van der Waals surface area (Å²) in [6.45, 7) is 9.05. The third-order valence-corrected chi connectivity index (χ3v) is 3.77. The van der Waals surface area contributed by atoms with E-state index in [0.29, 0.717) is 12.5 Å². The van der Waals surface area contributed by atoms with Crippen molar-refractivity contribution in [3.05, 3.63) is 64.7 Å². The topological polar surface area (TPSA) is 35.2 Å². The Labute approximate surface area is 127 Å². The quantitative estimate of drug-likeness (QED) is 0.862. The minimum Gasteiger partial charge on any atom is -0.489 e. The van der Waals surface area contributed by atoms with Crippen LogP contribution in [0.15, 0.2) is 42.5 Å². The van der Waals surface area contributed by atoms with Crippen molar-refractivity contribution in [3.8, 4) is 5.75 Å². The number of rotatable bonds is 5. The average Bonchev–Trinajstić information content (AvgIpc) is 2.46. The Kier molecular flexibility index (Phi) is 5.03. The molecule has 112 valence electrons. The maximum atomic E-state index is 5.92. The van der Waals surface area contributed by atoms with E-state index in [1.165, 1.54) is 11.1 Å². The van der Waals surface area contributed by atoms with Crippen molar-refractivity contribution in [2.24, 2.45) is 5.73 Å². The Morgan fingerprint density at radius 1 is 0.952 bits per heavy atom. The molecule has 2 nitrogen and oxygen atoms in total. The molecule has 0 aliphatic heterocycles. The van der Waals surface area contributed by atoms with Crippen molar-refractivity contribution in [2.45, 2.75) is 46.3 Å². The highest BCUT2D eigenvalue weighted by Gasteiger charge is 2.05. The summed E-state index contributed by atoms with van der Waals surface area (Å²) in [7, 11) is 0. The minimum absolute atomic E-state index is 0.0568. The fourth-order valence-corrected chi connectivity index (χ4v) is 2.28. The van der Waals surface area contributed by atoms with Gasteiger partial charge in [0.1, 0.15) is 12.4 Å². The van der Waals surface area contributed by atoms with Crippen LogP contribution in [0, 0.1) is 6.92 Å². The molecule has 0 spiro atoms. The van der Waals surface area contributed by atoms with Crippen molar-refractivity contribution >= 4 is 0 Å². The van der Waals surface area contributed by atoms with Gasteiger partial charge in [0, 0.05) is 6.04 Å². The maximum absolute atomic E-state index is 5.92. The van der Waals surface area contributed by atoms with E-state index >= 15 is 0 Å². The van der Waals surface area contributed by atoms with E-state index in [9.17, 15) is 0 Å². The van der Waals surface area contributed by atoms with Gasteiger partial charge in [-0.25, -0.2) is 0 Å². The fraction of sp³-hybridized carbons (Fsp3) is 0.368. The van der Waals surface area contributed by atoms with Crippen molar-refractivity contribution in [2.75, 3.05) is 0 Å². The predicted molar refractivity (Wildman–Crippen MR) is 88.6 cm³/mol. The lowest BCUT2D eigenvalue weighted by Gasteiger charge is -2.13. The Bertz CT molecular complexity index is 585. The molecule has 0 saturated heterocycles. The van der Waals surface area contributed by atoms with Gasteiger partial charge in [-0.15, -0.1) is 0 Å². The second kappa shape index (κ2) is 6.77. The van der Waals surface area contributed by atoms with Gasteiger partial charge >= 0.3 is 0 Å². The molecule has 0 radical (unpaired) electrons. The molecule has 0 aliphatic carbocycles. The number of aryl methyl sites for hydroxylation is 1. The van der Waals surface area contributed by atoms with E-state index < -0.39 is 0 Å². The lowest BCUT2D eigenvalue weighted by Crippen LogP contribution is -2.05. The Balaban J connectivity index is 2.02. The molecule has 0 bridgehead atoms. The molecule has 0 aromatic heterocycles. The van der Waals surface area contributed by atoms with Crippen LogP contribution < -0.4 is 10.5 Å². The van der Waals surface area contributed by atoms with E-state index in [-0.39, 0.29) is 6.04 Å². The zero-order valence-electron chi connectivity index (χ0n) is 13.4. The first kappa shape index (κ1) is 15.6. The Hall–Kier alpha value is -1.80. The van der Waals surface area contributed by atoms with Gasteiger partial charge in [-0.1, -0.05) is 50.2 Å². The Morgan fingerprint density at radius 3 is 2.10 bits per heavy atom. The predicted octanol–water partition coefficient (Wildman–Crippen LogP) is 4.72. The lowest BCUT2D eigenvalue weighted by molar-refractivity contribution is 0.304. The molecule has 21 heavy (non-hydrogen) atoms. The molecule has 1 atom stereocenters. The molecule has 2 N–H and O–H groups in total. The third kappa shape index (κ3) is 4.08. The van der Waals surface area contributed by atoms with Crippen LogP contribution in [0.2, 0.25) is 0 Å². The van der Waals surface area contributed by atoms with Gasteiger partial charge in [0.15, 0.2) is 0 Å². The van der Waals surface area contributed by atoms with E-state index in [0.717, 1.165) is 16.9 Å². The number of benzene rings is 2. The van der Waals surface area contributed by atoms with Gasteiger partial charge < -0.3 is 10.5 Å². The highest BCUT2D eigenvalue weighted by molar-refractivity contribution is 5.37. The second-order valence-electron chi connectivity index (χ2n) is 6.00. The van der Waals surface area contributed by atoms with Gasteiger partial charge in [-0.3, -0.25) is 0 Å². The summed E-state index contributed by atoms with van der Waals surface area (Å²) < 4.78 is 5.92. The van der Waals surface area contributed by atoms with Crippen LogP contribution in [0.25, 0.3) is 0 Å². The number of hydrogen-bond donors (Lipinski definition) is 1. The van der Waals surface area contributed by atoms with Crippen LogP contribution in [-0.4, -0.2) is 0 Å². The maximum Gasteiger partial charge on any atom is 0.122 e. The highest BCUT2D eigenvalue weighted by atomic mass is 16.5. The van der Waals surface area contributed by atoms with Crippen LogP contribution in [0.1, 0.15) is 55.0 Å². The van der Waals surface area contributed by atoms with Gasteiger partial charge in [0.2, 0.25) is 0 Å². The number of ether oxygens (including phenoxy) is 1. The monoisotopic (exact) mass is 283 g/mol. The molecule has 0 unspecified atom stereocenters. The number of nitrogens with two attached hydrogens (primary N) is 1. The summed E-state index contributed by atoms with van der Waals surface area (Å²) in [5.74, 6) is 1.49. The molecule has 2 aromatic carbocycles. The van der Waals surface area contributed by atoms with E-state index in [2.05, 4.69) is 51.1 Å². The van der Waals surface area contributed by atoms with Gasteiger partial charge in [0.05, 0.1) is 0 Å². The summed E-state index contributed by atoms with van der Waals surface area (Å²) in [5.41, 5.74) is 10.7. The third-order valence-electron chi connectivity index (χ3n) is 3.77.